The number of H-pyrrole nitrogens is 2. The number of esters is 1. The van der Waals surface area contributed by atoms with Gasteiger partial charge in [0.1, 0.15) is 5.82 Å². The topological polar surface area (TPSA) is 105 Å². The molecule has 8 nitrogen and oxygen atoms in total. The Kier molecular flexibility index (Phi) is 4.60. The van der Waals surface area contributed by atoms with Crippen LogP contribution in [0, 0.1) is 0 Å². The largest absolute Gasteiger partial charge is 0.469 e. The highest BCUT2D eigenvalue weighted by Gasteiger charge is 2.20. The minimum atomic E-state index is -0.447. The van der Waals surface area contributed by atoms with Crippen LogP contribution in [0.2, 0.25) is 0 Å². The number of ether oxygens (including phenoxy) is 1. The van der Waals surface area contributed by atoms with Crippen LogP contribution in [0.3, 0.4) is 0 Å². The van der Waals surface area contributed by atoms with Crippen molar-refractivity contribution in [1.29, 1.82) is 0 Å². The molecule has 25 heavy (non-hydrogen) atoms. The molecule has 1 aromatic carbocycles. The summed E-state index contributed by atoms with van der Waals surface area (Å²) in [6.07, 6.45) is 1.51. The van der Waals surface area contributed by atoms with E-state index in [1.807, 2.05) is 18.2 Å². The van der Waals surface area contributed by atoms with Crippen molar-refractivity contribution in [3.63, 3.8) is 0 Å². The molecule has 0 bridgehead atoms. The highest BCUT2D eigenvalue weighted by molar-refractivity contribution is 6.01. The second-order valence-electron chi connectivity index (χ2n) is 5.33. The van der Waals surface area contributed by atoms with E-state index in [-0.39, 0.29) is 12.0 Å². The molecule has 3 aromatic rings. The number of hydrogen-bond donors (Lipinski definition) is 2. The van der Waals surface area contributed by atoms with Crippen molar-refractivity contribution in [3.8, 4) is 5.69 Å². The summed E-state index contributed by atoms with van der Waals surface area (Å²) < 4.78 is 6.11. The van der Waals surface area contributed by atoms with Crippen molar-refractivity contribution in [2.75, 3.05) is 7.11 Å². The normalized spacial score (nSPS) is 11.5. The van der Waals surface area contributed by atoms with Gasteiger partial charge in [-0.25, -0.2) is 9.67 Å². The molecule has 128 valence electrons. The number of aromatic amines is 2. The summed E-state index contributed by atoms with van der Waals surface area (Å²) >= 11 is 0. The van der Waals surface area contributed by atoms with Crippen molar-refractivity contribution >= 4 is 17.5 Å². The lowest BCUT2D eigenvalue weighted by Crippen LogP contribution is -2.20. The molecule has 2 aromatic heterocycles. The minimum absolute atomic E-state index is 0.0588. The summed E-state index contributed by atoms with van der Waals surface area (Å²) in [6.45, 7) is 1.71. The zero-order valence-corrected chi connectivity index (χ0v) is 13.8. The second kappa shape index (κ2) is 7.00. The van der Waals surface area contributed by atoms with E-state index >= 15 is 0 Å². The van der Waals surface area contributed by atoms with Gasteiger partial charge in [0.15, 0.2) is 0 Å². The zero-order chi connectivity index (χ0) is 17.8. The van der Waals surface area contributed by atoms with Crippen LogP contribution in [0.4, 0.5) is 5.82 Å². The number of rotatable bonds is 5. The van der Waals surface area contributed by atoms with Gasteiger partial charge in [-0.3, -0.25) is 19.8 Å². The number of methoxy groups -OCH3 is 1. The SMILES string of the molecule is COC(=O)Cc1[nH]n(-c2ccccc2)c(=O)c1/C(C)=N/c1ccn[nH]1. The fourth-order valence-electron chi connectivity index (χ4n) is 2.51. The van der Waals surface area contributed by atoms with E-state index in [9.17, 15) is 9.59 Å². The van der Waals surface area contributed by atoms with Gasteiger partial charge < -0.3 is 4.74 Å². The molecule has 0 saturated carbocycles. The van der Waals surface area contributed by atoms with E-state index in [0.717, 1.165) is 0 Å². The van der Waals surface area contributed by atoms with Crippen LogP contribution in [0.15, 0.2) is 52.4 Å². The molecule has 0 fully saturated rings. The number of aliphatic imine (C=N–C) groups is 1. The molecular weight excluding hydrogens is 322 g/mol. The Labute approximate surface area is 143 Å². The molecule has 0 unspecified atom stereocenters. The number of nitrogens with zero attached hydrogens (tertiary/aromatic N) is 3. The first-order valence-corrected chi connectivity index (χ1v) is 7.61. The van der Waals surface area contributed by atoms with E-state index in [1.54, 1.807) is 31.3 Å². The first-order valence-electron chi connectivity index (χ1n) is 7.61. The molecule has 0 spiro atoms. The molecule has 0 saturated heterocycles. The maximum absolute atomic E-state index is 12.9. The van der Waals surface area contributed by atoms with Gasteiger partial charge in [-0.1, -0.05) is 18.2 Å². The number of hydrogen-bond acceptors (Lipinski definition) is 5. The average molecular weight is 339 g/mol. The Morgan fingerprint density at radius 3 is 2.68 bits per heavy atom. The summed E-state index contributed by atoms with van der Waals surface area (Å²) in [5.74, 6) is 0.0745. The van der Waals surface area contributed by atoms with Crippen LogP contribution >= 0.6 is 0 Å². The maximum atomic E-state index is 12.9. The summed E-state index contributed by atoms with van der Waals surface area (Å²) in [5.41, 5.74) is 1.63. The fourth-order valence-corrected chi connectivity index (χ4v) is 2.51. The zero-order valence-electron chi connectivity index (χ0n) is 13.8. The predicted octanol–water partition coefficient (Wildman–Crippen LogP) is 1.74. The molecule has 0 aliphatic carbocycles. The highest BCUT2D eigenvalue weighted by Crippen LogP contribution is 2.13. The molecule has 0 radical (unpaired) electrons. The lowest BCUT2D eigenvalue weighted by Gasteiger charge is -2.01. The number of benzene rings is 1. The van der Waals surface area contributed by atoms with Crippen LogP contribution in [-0.2, 0) is 16.0 Å². The molecule has 2 N–H and O–H groups in total. The van der Waals surface area contributed by atoms with Crippen molar-refractivity contribution in [2.45, 2.75) is 13.3 Å². The van der Waals surface area contributed by atoms with Crippen LogP contribution in [-0.4, -0.2) is 38.8 Å². The van der Waals surface area contributed by atoms with E-state index in [0.29, 0.717) is 28.5 Å². The van der Waals surface area contributed by atoms with Crippen LogP contribution in [0.25, 0.3) is 5.69 Å². The number of carbonyl (C=O) groups excluding carboxylic acids is 1. The van der Waals surface area contributed by atoms with E-state index < -0.39 is 5.97 Å². The summed E-state index contributed by atoms with van der Waals surface area (Å²) in [4.78, 5) is 29.0. The first-order chi connectivity index (χ1) is 12.1. The monoisotopic (exact) mass is 339 g/mol. The molecule has 0 aliphatic heterocycles. The average Bonchev–Trinajstić information content (AvgIpc) is 3.23. The van der Waals surface area contributed by atoms with Crippen molar-refractivity contribution in [3.05, 3.63) is 64.2 Å². The van der Waals surface area contributed by atoms with Gasteiger partial charge in [-0.15, -0.1) is 0 Å². The molecule has 8 heteroatoms. The molecule has 0 aliphatic rings. The highest BCUT2D eigenvalue weighted by atomic mass is 16.5. The lowest BCUT2D eigenvalue weighted by atomic mass is 10.1. The summed E-state index contributed by atoms with van der Waals surface area (Å²) in [5, 5.41) is 9.54. The molecule has 3 rings (SSSR count). The summed E-state index contributed by atoms with van der Waals surface area (Å²) in [6, 6.07) is 10.8. The van der Waals surface area contributed by atoms with Gasteiger partial charge in [0.05, 0.1) is 42.4 Å². The van der Waals surface area contributed by atoms with Crippen molar-refractivity contribution < 1.29 is 9.53 Å². The van der Waals surface area contributed by atoms with Crippen molar-refractivity contribution in [2.24, 2.45) is 4.99 Å². The van der Waals surface area contributed by atoms with Crippen LogP contribution in [0.5, 0.6) is 0 Å². The number of para-hydroxylation sites is 1. The molecule has 2 heterocycles. The third-order valence-corrected chi connectivity index (χ3v) is 3.66. The van der Waals surface area contributed by atoms with Crippen LogP contribution < -0.4 is 5.56 Å². The summed E-state index contributed by atoms with van der Waals surface area (Å²) in [7, 11) is 1.31. The quantitative estimate of drug-likeness (QED) is 0.545. The van der Waals surface area contributed by atoms with E-state index in [1.165, 1.54) is 11.8 Å². The van der Waals surface area contributed by atoms with Gasteiger partial charge in [-0.05, 0) is 19.1 Å². The van der Waals surface area contributed by atoms with Gasteiger partial charge in [0.2, 0.25) is 0 Å². The second-order valence-corrected chi connectivity index (χ2v) is 5.33. The Morgan fingerprint density at radius 2 is 2.04 bits per heavy atom. The molecule has 0 atom stereocenters. The minimum Gasteiger partial charge on any atom is -0.469 e. The Morgan fingerprint density at radius 1 is 1.28 bits per heavy atom. The van der Waals surface area contributed by atoms with E-state index in [2.05, 4.69) is 20.3 Å². The van der Waals surface area contributed by atoms with E-state index in [4.69, 9.17) is 4.74 Å². The Bertz CT molecular complexity index is 952. The third kappa shape index (κ3) is 3.42. The van der Waals surface area contributed by atoms with Crippen LogP contribution in [0.1, 0.15) is 18.2 Å². The van der Waals surface area contributed by atoms with Gasteiger partial charge in [-0.2, -0.15) is 5.10 Å². The number of aromatic nitrogens is 4. The Hall–Kier alpha value is -3.42. The molecule has 0 amide bonds. The Balaban J connectivity index is 2.13. The smallest absolute Gasteiger partial charge is 0.311 e. The maximum Gasteiger partial charge on any atom is 0.311 e. The number of nitrogens with one attached hydrogen (secondary N) is 2. The van der Waals surface area contributed by atoms with Crippen molar-refractivity contribution in [1.82, 2.24) is 20.0 Å². The number of carbonyl (C=O) groups is 1. The lowest BCUT2D eigenvalue weighted by molar-refractivity contribution is -0.139. The van der Waals surface area contributed by atoms with Gasteiger partial charge in [0.25, 0.3) is 5.56 Å². The predicted molar refractivity (Wildman–Crippen MR) is 92.6 cm³/mol. The standard InChI is InChI=1S/C17H17N5O3/c1-11(19-14-8-9-18-20-14)16-13(10-15(23)25-2)21-22(17(16)24)12-6-4-3-5-7-12/h3-9,21H,10H2,1-2H3,(H,18,20)/b19-11+. The fraction of sp³-hybridized carbons (Fsp3) is 0.176. The third-order valence-electron chi connectivity index (χ3n) is 3.66. The molecular formula is C17H17N5O3. The van der Waals surface area contributed by atoms with Gasteiger partial charge in [0, 0.05) is 6.07 Å². The van der Waals surface area contributed by atoms with Gasteiger partial charge >= 0.3 is 5.97 Å². The first kappa shape index (κ1) is 16.4.